The number of pyridine rings is 1. The lowest BCUT2D eigenvalue weighted by molar-refractivity contribution is 0.142. The fraction of sp³-hybridized carbons (Fsp3) is 0.409. The monoisotopic (exact) mass is 435 g/mol. The number of aromatic nitrogens is 4. The topological polar surface area (TPSA) is 116 Å². The molecule has 166 valence electrons. The van der Waals surface area contributed by atoms with Gasteiger partial charge in [-0.25, -0.2) is 4.79 Å². The van der Waals surface area contributed by atoms with Crippen LogP contribution >= 0.6 is 0 Å². The summed E-state index contributed by atoms with van der Waals surface area (Å²) in [4.78, 5) is 31.8. The van der Waals surface area contributed by atoms with Gasteiger partial charge >= 0.3 is 6.09 Å². The lowest BCUT2D eigenvalue weighted by Crippen LogP contribution is -2.48. The second kappa shape index (κ2) is 8.45. The van der Waals surface area contributed by atoms with Crippen LogP contribution in [-0.4, -0.2) is 62.0 Å². The van der Waals surface area contributed by atoms with Gasteiger partial charge in [0, 0.05) is 49.7 Å². The zero-order chi connectivity index (χ0) is 22.1. The molecule has 2 N–H and O–H groups in total. The molecule has 2 aromatic heterocycles. The molecule has 0 bridgehead atoms. The minimum atomic E-state index is -0.869. The summed E-state index contributed by atoms with van der Waals surface area (Å²) in [7, 11) is 0. The zero-order valence-electron chi connectivity index (χ0n) is 17.6. The number of fused-ring (bicyclic) bond motifs is 1. The van der Waals surface area contributed by atoms with Crippen molar-refractivity contribution in [3.8, 4) is 0 Å². The van der Waals surface area contributed by atoms with Crippen LogP contribution in [0.1, 0.15) is 31.7 Å². The average molecular weight is 435 g/mol. The van der Waals surface area contributed by atoms with Gasteiger partial charge in [0.25, 0.3) is 5.56 Å². The molecule has 2 fully saturated rings. The van der Waals surface area contributed by atoms with Gasteiger partial charge in [-0.2, -0.15) is 4.98 Å². The van der Waals surface area contributed by atoms with Crippen molar-refractivity contribution >= 4 is 34.6 Å². The predicted octanol–water partition coefficient (Wildman–Crippen LogP) is 2.85. The predicted molar refractivity (Wildman–Crippen MR) is 121 cm³/mol. The Balaban J connectivity index is 1.34. The summed E-state index contributed by atoms with van der Waals surface area (Å²) in [6.45, 7) is 2.31. The highest BCUT2D eigenvalue weighted by Gasteiger charge is 2.22. The van der Waals surface area contributed by atoms with E-state index in [4.69, 9.17) is 5.11 Å². The fourth-order valence-electron chi connectivity index (χ4n) is 4.55. The maximum atomic E-state index is 12.5. The number of rotatable bonds is 4. The van der Waals surface area contributed by atoms with Crippen molar-refractivity contribution < 1.29 is 9.90 Å². The van der Waals surface area contributed by atoms with Gasteiger partial charge in [0.2, 0.25) is 5.95 Å². The van der Waals surface area contributed by atoms with E-state index in [1.165, 1.54) is 4.90 Å². The third-order valence-corrected chi connectivity index (χ3v) is 6.27. The van der Waals surface area contributed by atoms with E-state index in [0.29, 0.717) is 43.3 Å². The molecular weight excluding hydrogens is 410 g/mol. The molecule has 5 rings (SSSR count). The van der Waals surface area contributed by atoms with Crippen LogP contribution in [0.15, 0.2) is 41.2 Å². The van der Waals surface area contributed by atoms with E-state index in [1.807, 2.05) is 24.3 Å². The number of hydrogen-bond donors (Lipinski definition) is 2. The third-order valence-electron chi connectivity index (χ3n) is 6.27. The van der Waals surface area contributed by atoms with Crippen LogP contribution in [-0.2, 0) is 0 Å². The highest BCUT2D eigenvalue weighted by atomic mass is 16.4. The number of benzene rings is 1. The molecule has 10 heteroatoms. The van der Waals surface area contributed by atoms with Crippen LogP contribution in [0.4, 0.5) is 22.1 Å². The Labute approximate surface area is 184 Å². The van der Waals surface area contributed by atoms with Crippen LogP contribution < -0.4 is 15.8 Å². The van der Waals surface area contributed by atoms with Crippen molar-refractivity contribution in [1.82, 2.24) is 24.6 Å². The first kappa shape index (κ1) is 20.2. The van der Waals surface area contributed by atoms with Crippen molar-refractivity contribution in [1.29, 1.82) is 0 Å². The van der Waals surface area contributed by atoms with Gasteiger partial charge in [-0.3, -0.25) is 9.36 Å². The number of piperazine rings is 1. The average Bonchev–Trinajstić information content (AvgIpc) is 3.34. The van der Waals surface area contributed by atoms with Crippen molar-refractivity contribution in [3.63, 3.8) is 0 Å². The Morgan fingerprint density at radius 3 is 2.38 bits per heavy atom. The molecular formula is C22H25N7O3. The summed E-state index contributed by atoms with van der Waals surface area (Å²) in [5.74, 6) is 0.345. The van der Waals surface area contributed by atoms with Gasteiger partial charge in [0.1, 0.15) is 5.52 Å². The second-order valence-corrected chi connectivity index (χ2v) is 8.25. The smallest absolute Gasteiger partial charge is 0.407 e. The molecule has 1 aliphatic carbocycles. The lowest BCUT2D eigenvalue weighted by atomic mass is 10.2. The number of amides is 1. The first-order valence-electron chi connectivity index (χ1n) is 10.9. The summed E-state index contributed by atoms with van der Waals surface area (Å²) < 4.78 is 1.77. The van der Waals surface area contributed by atoms with Gasteiger partial charge in [-0.15, -0.1) is 10.2 Å². The summed E-state index contributed by atoms with van der Waals surface area (Å²) in [6.07, 6.45) is 3.33. The molecule has 1 aliphatic heterocycles. The van der Waals surface area contributed by atoms with Crippen LogP contribution in [0, 0.1) is 0 Å². The Bertz CT molecular complexity index is 1180. The van der Waals surface area contributed by atoms with Gasteiger partial charge in [-0.05, 0) is 43.2 Å². The molecule has 1 saturated carbocycles. The molecule has 3 aromatic rings. The van der Waals surface area contributed by atoms with Gasteiger partial charge in [-0.1, -0.05) is 12.8 Å². The highest BCUT2D eigenvalue weighted by Crippen LogP contribution is 2.30. The normalized spacial score (nSPS) is 17.1. The summed E-state index contributed by atoms with van der Waals surface area (Å²) in [6, 6.07) is 11.2. The number of nitrogens with zero attached hydrogens (tertiary/aromatic N) is 6. The Hall–Kier alpha value is -3.69. The van der Waals surface area contributed by atoms with Crippen LogP contribution in [0.2, 0.25) is 0 Å². The van der Waals surface area contributed by atoms with Crippen molar-refractivity contribution in [2.45, 2.75) is 31.7 Å². The minimum absolute atomic E-state index is 0.0526. The molecule has 1 saturated heterocycles. The van der Waals surface area contributed by atoms with Crippen LogP contribution in [0.3, 0.4) is 0 Å². The molecule has 1 amide bonds. The standard InChI is InChI=1S/C22H25N7O3/c30-19-10-9-18-20(29(19)17-3-1-2-4-17)24-21(26-25-18)23-15-5-7-16(8-6-15)27-11-13-28(14-12-27)22(31)32/h5-10,17H,1-4,11-14H2,(H,31,32)(H,23,24,26). The van der Waals surface area contributed by atoms with Gasteiger partial charge < -0.3 is 20.2 Å². The van der Waals surface area contributed by atoms with Crippen molar-refractivity contribution in [2.24, 2.45) is 0 Å². The van der Waals surface area contributed by atoms with E-state index >= 15 is 0 Å². The number of carbonyl (C=O) groups is 1. The molecule has 0 radical (unpaired) electrons. The van der Waals surface area contributed by atoms with Crippen molar-refractivity contribution in [3.05, 3.63) is 46.8 Å². The van der Waals surface area contributed by atoms with E-state index in [1.54, 1.807) is 16.7 Å². The number of anilines is 3. The van der Waals surface area contributed by atoms with E-state index < -0.39 is 6.09 Å². The Morgan fingerprint density at radius 1 is 0.969 bits per heavy atom. The van der Waals surface area contributed by atoms with Gasteiger partial charge in [0.05, 0.1) is 0 Å². The van der Waals surface area contributed by atoms with Crippen LogP contribution in [0.25, 0.3) is 11.2 Å². The number of carboxylic acid groups (broad SMARTS) is 1. The minimum Gasteiger partial charge on any atom is -0.465 e. The third kappa shape index (κ3) is 3.95. The summed E-state index contributed by atoms with van der Waals surface area (Å²) in [5.41, 5.74) is 2.97. The van der Waals surface area contributed by atoms with E-state index in [9.17, 15) is 9.59 Å². The molecule has 1 aromatic carbocycles. The Morgan fingerprint density at radius 2 is 1.69 bits per heavy atom. The molecule has 0 atom stereocenters. The SMILES string of the molecule is O=C(O)N1CCN(c2ccc(Nc3nnc4ccc(=O)n(C5CCCC5)c4n3)cc2)CC1. The molecule has 10 nitrogen and oxygen atoms in total. The van der Waals surface area contributed by atoms with E-state index in [0.717, 1.165) is 37.1 Å². The molecule has 32 heavy (non-hydrogen) atoms. The van der Waals surface area contributed by atoms with Gasteiger partial charge in [0.15, 0.2) is 5.65 Å². The largest absolute Gasteiger partial charge is 0.465 e. The van der Waals surface area contributed by atoms with Crippen LogP contribution in [0.5, 0.6) is 0 Å². The highest BCUT2D eigenvalue weighted by molar-refractivity contribution is 5.71. The number of nitrogens with one attached hydrogen (secondary N) is 1. The maximum absolute atomic E-state index is 12.5. The molecule has 2 aliphatic rings. The van der Waals surface area contributed by atoms with E-state index in [-0.39, 0.29) is 11.6 Å². The number of hydrogen-bond acceptors (Lipinski definition) is 7. The zero-order valence-corrected chi connectivity index (χ0v) is 17.6. The first-order chi connectivity index (χ1) is 15.6. The molecule has 0 spiro atoms. The van der Waals surface area contributed by atoms with E-state index in [2.05, 4.69) is 25.4 Å². The molecule has 3 heterocycles. The summed E-state index contributed by atoms with van der Waals surface area (Å²) in [5, 5.41) is 20.7. The fourth-order valence-corrected chi connectivity index (χ4v) is 4.55. The summed E-state index contributed by atoms with van der Waals surface area (Å²) >= 11 is 0. The second-order valence-electron chi connectivity index (χ2n) is 8.25. The molecule has 0 unspecified atom stereocenters. The Kier molecular flexibility index (Phi) is 5.34. The first-order valence-corrected chi connectivity index (χ1v) is 10.9. The quantitative estimate of drug-likeness (QED) is 0.643. The van der Waals surface area contributed by atoms with Crippen molar-refractivity contribution in [2.75, 3.05) is 36.4 Å². The lowest BCUT2D eigenvalue weighted by Gasteiger charge is -2.34. The maximum Gasteiger partial charge on any atom is 0.407 e.